The van der Waals surface area contributed by atoms with Crippen LogP contribution in [0.1, 0.15) is 36.8 Å². The van der Waals surface area contributed by atoms with Gasteiger partial charge in [-0.1, -0.05) is 60.7 Å². The van der Waals surface area contributed by atoms with Crippen LogP contribution in [0, 0.1) is 0 Å². The lowest BCUT2D eigenvalue weighted by Gasteiger charge is -2.27. The fourth-order valence-electron chi connectivity index (χ4n) is 3.95. The van der Waals surface area contributed by atoms with E-state index in [1.165, 1.54) is 0 Å². The van der Waals surface area contributed by atoms with Gasteiger partial charge in [0.25, 0.3) is 23.6 Å². The number of imide groups is 2. The van der Waals surface area contributed by atoms with Crippen LogP contribution < -0.4 is 10.6 Å². The van der Waals surface area contributed by atoms with Gasteiger partial charge in [-0.2, -0.15) is 0 Å². The minimum Gasteiger partial charge on any atom is -0.445 e. The van der Waals surface area contributed by atoms with E-state index in [1.54, 1.807) is 60.7 Å². The van der Waals surface area contributed by atoms with Crippen LogP contribution in [0.3, 0.4) is 0 Å². The molecule has 0 radical (unpaired) electrons. The van der Waals surface area contributed by atoms with Crippen LogP contribution in [-0.2, 0) is 61.1 Å². The molecule has 0 spiro atoms. The summed E-state index contributed by atoms with van der Waals surface area (Å²) in [6.45, 7) is -0.564. The molecule has 16 nitrogen and oxygen atoms in total. The molecule has 2 N–H and O–H groups in total. The molecule has 2 atom stereocenters. The Morgan fingerprint density at radius 1 is 0.568 bits per heavy atom. The fraction of sp³-hybridized carbons (Fsp3) is 0.286. The van der Waals surface area contributed by atoms with Crippen molar-refractivity contribution in [3.05, 3.63) is 71.8 Å². The summed E-state index contributed by atoms with van der Waals surface area (Å²) in [6, 6.07) is 12.3. The van der Waals surface area contributed by atoms with Crippen molar-refractivity contribution in [3.8, 4) is 0 Å². The van der Waals surface area contributed by atoms with E-state index in [2.05, 4.69) is 10.6 Å². The smallest absolute Gasteiger partial charge is 0.408 e. The van der Waals surface area contributed by atoms with Gasteiger partial charge in [0, 0.05) is 25.7 Å². The van der Waals surface area contributed by atoms with E-state index in [4.69, 9.17) is 19.1 Å². The fourth-order valence-corrected chi connectivity index (χ4v) is 3.95. The van der Waals surface area contributed by atoms with Crippen molar-refractivity contribution in [2.75, 3.05) is 0 Å². The molecule has 0 saturated carbocycles. The second-order valence-corrected chi connectivity index (χ2v) is 9.35. The predicted molar refractivity (Wildman–Crippen MR) is 141 cm³/mol. The van der Waals surface area contributed by atoms with E-state index >= 15 is 0 Å². The Kier molecular flexibility index (Phi) is 10.2. The second-order valence-electron chi connectivity index (χ2n) is 9.35. The molecule has 2 fully saturated rings. The summed E-state index contributed by atoms with van der Waals surface area (Å²) < 4.78 is 10.2. The van der Waals surface area contributed by atoms with E-state index in [1.807, 2.05) is 0 Å². The molecule has 230 valence electrons. The summed E-state index contributed by atoms with van der Waals surface area (Å²) in [4.78, 5) is 110. The zero-order valence-electron chi connectivity index (χ0n) is 23.0. The highest BCUT2D eigenvalue weighted by molar-refractivity contribution is 6.03. The maximum absolute atomic E-state index is 13.3. The standard InChI is InChI=1S/C28H26N4O12/c33-19-11-12-20(34)31(19)43-25(37)23(29-27(39)41-15-17-7-3-1-4-8-17)24(26(38)44-32-21(35)13-14-22(32)36)30-28(40)42-16-18-9-5-2-6-10-18/h1-10,23-24H,11-16H2,(H,29,39)(H,30,40). The van der Waals surface area contributed by atoms with Gasteiger partial charge in [0.05, 0.1) is 0 Å². The van der Waals surface area contributed by atoms with E-state index in [0.717, 1.165) is 0 Å². The zero-order chi connectivity index (χ0) is 31.6. The Bertz CT molecular complexity index is 1310. The topological polar surface area (TPSA) is 204 Å². The number of amides is 6. The third kappa shape index (κ3) is 8.15. The first-order chi connectivity index (χ1) is 21.1. The maximum Gasteiger partial charge on any atom is 0.408 e. The molecule has 2 aromatic rings. The molecule has 0 aliphatic carbocycles. The number of ether oxygens (including phenoxy) is 2. The van der Waals surface area contributed by atoms with Crippen molar-refractivity contribution in [1.29, 1.82) is 0 Å². The molecule has 4 rings (SSSR count). The van der Waals surface area contributed by atoms with Gasteiger partial charge in [-0.05, 0) is 11.1 Å². The minimum atomic E-state index is -2.23. The molecule has 44 heavy (non-hydrogen) atoms. The number of carbonyl (C=O) groups excluding carboxylic acids is 8. The molecular formula is C28H26N4O12. The van der Waals surface area contributed by atoms with E-state index in [0.29, 0.717) is 11.1 Å². The Morgan fingerprint density at radius 2 is 0.886 bits per heavy atom. The molecule has 2 heterocycles. The first kappa shape index (κ1) is 31.1. The third-order valence-corrected chi connectivity index (χ3v) is 6.19. The van der Waals surface area contributed by atoms with Crippen LogP contribution in [0.2, 0.25) is 0 Å². The maximum atomic E-state index is 13.3. The molecule has 2 aliphatic rings. The number of nitrogens with zero attached hydrogens (tertiary/aromatic N) is 2. The Hall–Kier alpha value is -5.80. The minimum absolute atomic E-state index is 0.149. The third-order valence-electron chi connectivity index (χ3n) is 6.19. The first-order valence-electron chi connectivity index (χ1n) is 13.2. The van der Waals surface area contributed by atoms with Crippen LogP contribution >= 0.6 is 0 Å². The average molecular weight is 611 g/mol. The second kappa shape index (κ2) is 14.4. The van der Waals surface area contributed by atoms with Gasteiger partial charge in [-0.25, -0.2) is 19.2 Å². The largest absolute Gasteiger partial charge is 0.445 e. The summed E-state index contributed by atoms with van der Waals surface area (Å²) in [5.74, 6) is -6.66. The van der Waals surface area contributed by atoms with Crippen LogP contribution in [0.5, 0.6) is 0 Å². The van der Waals surface area contributed by atoms with Gasteiger partial charge in [0.2, 0.25) is 0 Å². The number of rotatable bonds is 11. The quantitative estimate of drug-likeness (QED) is 0.339. The number of carbonyl (C=O) groups is 8. The number of hydrogen-bond donors (Lipinski definition) is 2. The van der Waals surface area contributed by atoms with Crippen LogP contribution in [0.15, 0.2) is 60.7 Å². The van der Waals surface area contributed by atoms with Crippen molar-refractivity contribution < 1.29 is 57.5 Å². The zero-order valence-corrected chi connectivity index (χ0v) is 23.0. The highest BCUT2D eigenvalue weighted by Crippen LogP contribution is 2.17. The molecule has 6 amide bonds. The Labute approximate surface area is 249 Å². The molecule has 0 aromatic heterocycles. The lowest BCUT2D eigenvalue weighted by atomic mass is 10.1. The number of nitrogens with one attached hydrogen (secondary N) is 2. The predicted octanol–water partition coefficient (Wildman–Crippen LogP) is 0.791. The average Bonchev–Trinajstić information content (AvgIpc) is 3.51. The summed E-state index contributed by atoms with van der Waals surface area (Å²) in [5, 5.41) is 4.40. The molecule has 0 bridgehead atoms. The lowest BCUT2D eigenvalue weighted by molar-refractivity contribution is -0.204. The highest BCUT2D eigenvalue weighted by Gasteiger charge is 2.45. The van der Waals surface area contributed by atoms with Crippen molar-refractivity contribution in [1.82, 2.24) is 20.8 Å². The first-order valence-corrected chi connectivity index (χ1v) is 13.2. The number of benzene rings is 2. The normalized spacial score (nSPS) is 15.8. The van der Waals surface area contributed by atoms with Gasteiger partial charge in [0.1, 0.15) is 13.2 Å². The van der Waals surface area contributed by atoms with Crippen molar-refractivity contribution in [2.45, 2.75) is 51.0 Å². The molecule has 2 aliphatic heterocycles. The molecule has 2 aromatic carbocycles. The summed E-state index contributed by atoms with van der Waals surface area (Å²) in [6.07, 6.45) is -3.65. The number of hydroxylamine groups is 4. The number of alkyl carbamates (subject to hydrolysis) is 2. The SMILES string of the molecule is O=C(NC(C(=O)ON1C(=O)CCC1=O)C(NC(=O)OCc1ccccc1)C(=O)ON1C(=O)CCC1=O)OCc1ccccc1. The van der Waals surface area contributed by atoms with Gasteiger partial charge < -0.3 is 29.8 Å². The monoisotopic (exact) mass is 610 g/mol. The van der Waals surface area contributed by atoms with Crippen LogP contribution in [0.4, 0.5) is 9.59 Å². The highest BCUT2D eigenvalue weighted by atomic mass is 16.7. The molecular weight excluding hydrogens is 584 g/mol. The molecule has 2 saturated heterocycles. The van der Waals surface area contributed by atoms with Gasteiger partial charge in [-0.3, -0.25) is 19.2 Å². The van der Waals surface area contributed by atoms with Crippen molar-refractivity contribution in [3.63, 3.8) is 0 Å². The Balaban J connectivity index is 1.58. The van der Waals surface area contributed by atoms with Crippen LogP contribution in [-0.4, -0.2) is 70.0 Å². The van der Waals surface area contributed by atoms with Gasteiger partial charge >= 0.3 is 24.1 Å². The van der Waals surface area contributed by atoms with Gasteiger partial charge in [-0.15, -0.1) is 10.1 Å². The van der Waals surface area contributed by atoms with Crippen molar-refractivity contribution >= 4 is 47.8 Å². The van der Waals surface area contributed by atoms with Gasteiger partial charge in [0.15, 0.2) is 12.1 Å². The lowest BCUT2D eigenvalue weighted by Crippen LogP contribution is -2.61. The molecule has 16 heteroatoms. The summed E-state index contributed by atoms with van der Waals surface area (Å²) in [7, 11) is 0. The number of hydrogen-bond acceptors (Lipinski definition) is 12. The van der Waals surface area contributed by atoms with E-state index in [9.17, 15) is 38.4 Å². The van der Waals surface area contributed by atoms with E-state index < -0.39 is 59.8 Å². The van der Waals surface area contributed by atoms with Crippen molar-refractivity contribution in [2.24, 2.45) is 0 Å². The molecule has 2 unspecified atom stereocenters. The summed E-state index contributed by atoms with van der Waals surface area (Å²) in [5.41, 5.74) is 1.11. The Morgan fingerprint density at radius 3 is 1.20 bits per heavy atom. The van der Waals surface area contributed by atoms with Crippen LogP contribution in [0.25, 0.3) is 0 Å². The summed E-state index contributed by atoms with van der Waals surface area (Å²) >= 11 is 0. The van der Waals surface area contributed by atoms with E-state index in [-0.39, 0.29) is 49.0 Å².